The molecule has 1 atom stereocenters. The van der Waals surface area contributed by atoms with Crippen LogP contribution in [0.15, 0.2) is 0 Å². The van der Waals surface area contributed by atoms with Crippen molar-refractivity contribution in [3.63, 3.8) is 0 Å². The summed E-state index contributed by atoms with van der Waals surface area (Å²) in [5, 5.41) is 0. The summed E-state index contributed by atoms with van der Waals surface area (Å²) in [4.78, 5) is 10.1. The van der Waals surface area contributed by atoms with Gasteiger partial charge in [0.1, 0.15) is 13.2 Å². The third-order valence-electron chi connectivity index (χ3n) is 0.550. The van der Waals surface area contributed by atoms with Crippen molar-refractivity contribution >= 4 is 14.7 Å². The Morgan fingerprint density at radius 2 is 2.22 bits per heavy atom. The molecule has 0 heterocycles. The van der Waals surface area contributed by atoms with E-state index in [4.69, 9.17) is 0 Å². The van der Waals surface area contributed by atoms with E-state index in [0.717, 1.165) is 0 Å². The van der Waals surface area contributed by atoms with Crippen LogP contribution in [0.1, 0.15) is 6.92 Å². The summed E-state index contributed by atoms with van der Waals surface area (Å²) in [5.41, 5.74) is 0. The highest BCUT2D eigenvalue weighted by molar-refractivity contribution is 7.17. The lowest BCUT2D eigenvalue weighted by molar-refractivity contribution is -0.141. The van der Waals surface area contributed by atoms with Crippen LogP contribution in [0.3, 0.4) is 0 Å². The molecule has 0 rings (SSSR count). The van der Waals surface area contributed by atoms with E-state index in [9.17, 15) is 9.36 Å². The Morgan fingerprint density at radius 1 is 1.56 bits per heavy atom. The van der Waals surface area contributed by atoms with E-state index in [0.29, 0.717) is 0 Å². The molecule has 0 aromatic heterocycles. The number of carbonyl (C=O) groups is 1. The SMILES string of the molecule is CC(=O)OCCO[PH+]=O. The van der Waals surface area contributed by atoms with Crippen molar-refractivity contribution in [2.24, 2.45) is 0 Å². The van der Waals surface area contributed by atoms with E-state index in [1.807, 2.05) is 0 Å². The average Bonchev–Trinajstić information content (AvgIpc) is 1.80. The van der Waals surface area contributed by atoms with Crippen LogP contribution in [0.4, 0.5) is 0 Å². The lowest BCUT2D eigenvalue weighted by Gasteiger charge is -1.93. The molecule has 0 fully saturated rings. The lowest BCUT2D eigenvalue weighted by atomic mass is 10.7. The molecule has 0 aromatic rings. The van der Waals surface area contributed by atoms with Gasteiger partial charge in [-0.3, -0.25) is 4.79 Å². The molecule has 5 heteroatoms. The van der Waals surface area contributed by atoms with Crippen molar-refractivity contribution in [2.45, 2.75) is 6.92 Å². The largest absolute Gasteiger partial charge is 0.494 e. The Bertz CT molecular complexity index is 103. The number of carbonyl (C=O) groups excluding carboxylic acids is 1. The summed E-state index contributed by atoms with van der Waals surface area (Å²) in [5.74, 6) is -0.354. The summed E-state index contributed by atoms with van der Waals surface area (Å²) in [6.07, 6.45) is 0. The molecule has 0 aliphatic rings. The fourth-order valence-corrected chi connectivity index (χ4v) is 0.435. The van der Waals surface area contributed by atoms with Gasteiger partial charge in [-0.15, -0.1) is 4.52 Å². The maximum Gasteiger partial charge on any atom is 0.494 e. The number of rotatable bonds is 4. The van der Waals surface area contributed by atoms with Gasteiger partial charge in [0.2, 0.25) is 0 Å². The quantitative estimate of drug-likeness (QED) is 0.333. The first kappa shape index (κ1) is 8.53. The zero-order valence-electron chi connectivity index (χ0n) is 5.05. The molecule has 0 saturated carbocycles. The van der Waals surface area contributed by atoms with Crippen LogP contribution in [0, 0.1) is 0 Å². The van der Waals surface area contributed by atoms with Crippen molar-refractivity contribution in [1.29, 1.82) is 0 Å². The summed E-state index contributed by atoms with van der Waals surface area (Å²) in [7, 11) is -0.780. The van der Waals surface area contributed by atoms with Gasteiger partial charge in [0.15, 0.2) is 0 Å². The molecule has 0 bridgehead atoms. The molecule has 0 saturated heterocycles. The predicted molar refractivity (Wildman–Crippen MR) is 31.6 cm³/mol. The first-order valence-corrected chi connectivity index (χ1v) is 3.21. The van der Waals surface area contributed by atoms with Crippen molar-refractivity contribution in [2.75, 3.05) is 13.2 Å². The third-order valence-corrected chi connectivity index (χ3v) is 0.872. The predicted octanol–water partition coefficient (Wildman–Crippen LogP) is 0.505. The minimum absolute atomic E-state index is 0.171. The molecule has 1 unspecified atom stereocenters. The van der Waals surface area contributed by atoms with Crippen LogP contribution < -0.4 is 0 Å². The molecule has 0 aliphatic heterocycles. The van der Waals surface area contributed by atoms with Crippen LogP contribution in [0.25, 0.3) is 0 Å². The van der Waals surface area contributed by atoms with E-state index in [2.05, 4.69) is 9.26 Å². The Kier molecular flexibility index (Phi) is 5.37. The molecule has 4 nitrogen and oxygen atoms in total. The highest BCUT2D eigenvalue weighted by Gasteiger charge is 1.94. The Hall–Kier alpha value is -0.470. The van der Waals surface area contributed by atoms with Crippen LogP contribution in [0.5, 0.6) is 0 Å². The van der Waals surface area contributed by atoms with Gasteiger partial charge in [-0.2, -0.15) is 0 Å². The fraction of sp³-hybridized carbons (Fsp3) is 0.750. The second-order valence-electron chi connectivity index (χ2n) is 1.27. The molecular weight excluding hydrogens is 143 g/mol. The summed E-state index contributed by atoms with van der Waals surface area (Å²) < 4.78 is 18.5. The zero-order valence-corrected chi connectivity index (χ0v) is 6.05. The summed E-state index contributed by atoms with van der Waals surface area (Å²) >= 11 is 0. The number of hydrogen-bond acceptors (Lipinski definition) is 4. The van der Waals surface area contributed by atoms with Crippen molar-refractivity contribution < 1.29 is 18.6 Å². The van der Waals surface area contributed by atoms with Gasteiger partial charge in [-0.1, -0.05) is 0 Å². The molecule has 0 N–H and O–H groups in total. The minimum atomic E-state index is -0.780. The summed E-state index contributed by atoms with van der Waals surface area (Å²) in [6.45, 7) is 1.67. The Balaban J connectivity index is 2.91. The number of ether oxygens (including phenoxy) is 1. The Labute approximate surface area is 54.4 Å². The molecule has 0 aromatic carbocycles. The third kappa shape index (κ3) is 7.53. The first-order valence-electron chi connectivity index (χ1n) is 2.39. The van der Waals surface area contributed by atoms with Crippen LogP contribution in [0.2, 0.25) is 0 Å². The van der Waals surface area contributed by atoms with Crippen molar-refractivity contribution in [3.05, 3.63) is 0 Å². The fourth-order valence-electron chi connectivity index (χ4n) is 0.269. The van der Waals surface area contributed by atoms with Gasteiger partial charge in [0.05, 0.1) is 0 Å². The molecule has 0 amide bonds. The molecule has 0 aliphatic carbocycles. The second-order valence-corrected chi connectivity index (χ2v) is 1.73. The molecule has 52 valence electrons. The maximum atomic E-state index is 10.1. The minimum Gasteiger partial charge on any atom is -0.463 e. The van der Waals surface area contributed by atoms with Gasteiger partial charge in [-0.25, -0.2) is 0 Å². The smallest absolute Gasteiger partial charge is 0.463 e. The van der Waals surface area contributed by atoms with Gasteiger partial charge < -0.3 is 4.74 Å². The summed E-state index contributed by atoms with van der Waals surface area (Å²) in [6, 6.07) is 0. The van der Waals surface area contributed by atoms with Gasteiger partial charge in [-0.05, 0) is 4.57 Å². The molecule has 0 spiro atoms. The van der Waals surface area contributed by atoms with Crippen LogP contribution in [-0.2, 0) is 18.6 Å². The topological polar surface area (TPSA) is 52.6 Å². The van der Waals surface area contributed by atoms with Gasteiger partial charge >= 0.3 is 14.7 Å². The molecule has 0 radical (unpaired) electrons. The van der Waals surface area contributed by atoms with E-state index >= 15 is 0 Å². The van der Waals surface area contributed by atoms with Crippen molar-refractivity contribution in [1.82, 2.24) is 0 Å². The highest BCUT2D eigenvalue weighted by atomic mass is 31.1. The van der Waals surface area contributed by atoms with E-state index in [1.165, 1.54) is 6.92 Å². The zero-order chi connectivity index (χ0) is 7.11. The monoisotopic (exact) mass is 151 g/mol. The maximum absolute atomic E-state index is 10.1. The second kappa shape index (κ2) is 5.66. The molecular formula is C4H8O4P+. The number of esters is 1. The Morgan fingerprint density at radius 3 is 2.67 bits per heavy atom. The van der Waals surface area contributed by atoms with Gasteiger partial charge in [0.25, 0.3) is 0 Å². The standard InChI is InChI=1S/C4H8O4P/c1-4(5)7-2-3-8-9-6/h9H,2-3H2,1H3/q+1. The number of hydrogen-bond donors (Lipinski definition) is 0. The van der Waals surface area contributed by atoms with E-state index < -0.39 is 8.69 Å². The lowest BCUT2D eigenvalue weighted by Crippen LogP contribution is -2.03. The van der Waals surface area contributed by atoms with E-state index in [1.54, 1.807) is 0 Å². The van der Waals surface area contributed by atoms with E-state index in [-0.39, 0.29) is 19.2 Å². The average molecular weight is 151 g/mol. The molecule has 9 heavy (non-hydrogen) atoms. The van der Waals surface area contributed by atoms with Crippen LogP contribution >= 0.6 is 8.69 Å². The van der Waals surface area contributed by atoms with Gasteiger partial charge in [0, 0.05) is 6.92 Å². The first-order chi connectivity index (χ1) is 4.27. The highest BCUT2D eigenvalue weighted by Crippen LogP contribution is 1.92. The van der Waals surface area contributed by atoms with Crippen LogP contribution in [-0.4, -0.2) is 19.2 Å². The van der Waals surface area contributed by atoms with Crippen molar-refractivity contribution in [3.8, 4) is 0 Å². The normalized spacial score (nSPS) is 9.44.